The second-order valence-corrected chi connectivity index (χ2v) is 4.89. The largest absolute Gasteiger partial charge is 0.481 e. The van der Waals surface area contributed by atoms with Crippen LogP contribution < -0.4 is 10.6 Å². The summed E-state index contributed by atoms with van der Waals surface area (Å²) in [5.41, 5.74) is -0.767. The third-order valence-corrected chi connectivity index (χ3v) is 3.22. The van der Waals surface area contributed by atoms with E-state index >= 15 is 0 Å². The predicted molar refractivity (Wildman–Crippen MR) is 66.3 cm³/mol. The van der Waals surface area contributed by atoms with Gasteiger partial charge in [-0.2, -0.15) is 0 Å². The fourth-order valence-corrected chi connectivity index (χ4v) is 2.14. The van der Waals surface area contributed by atoms with Gasteiger partial charge in [0.05, 0.1) is 5.60 Å². The summed E-state index contributed by atoms with van der Waals surface area (Å²) in [5, 5.41) is 23.8. The van der Waals surface area contributed by atoms with Gasteiger partial charge in [0, 0.05) is 19.5 Å². The maximum atomic E-state index is 11.4. The summed E-state index contributed by atoms with van der Waals surface area (Å²) < 4.78 is 0. The van der Waals surface area contributed by atoms with Crippen molar-refractivity contribution in [1.82, 2.24) is 10.6 Å². The monoisotopic (exact) mass is 258 g/mol. The molecule has 1 rings (SSSR count). The van der Waals surface area contributed by atoms with Gasteiger partial charge in [-0.1, -0.05) is 19.3 Å². The first-order valence-electron chi connectivity index (χ1n) is 6.48. The maximum absolute atomic E-state index is 11.4. The van der Waals surface area contributed by atoms with Crippen LogP contribution in [0.15, 0.2) is 0 Å². The van der Waals surface area contributed by atoms with Crippen molar-refractivity contribution in [3.63, 3.8) is 0 Å². The molecule has 0 atom stereocenters. The molecule has 1 fully saturated rings. The number of aliphatic carboxylic acids is 1. The molecule has 0 saturated heterocycles. The van der Waals surface area contributed by atoms with Crippen molar-refractivity contribution < 1.29 is 19.8 Å². The third-order valence-electron chi connectivity index (χ3n) is 3.22. The number of carbonyl (C=O) groups is 2. The van der Waals surface area contributed by atoms with Gasteiger partial charge in [0.15, 0.2) is 0 Å². The van der Waals surface area contributed by atoms with E-state index in [1.807, 2.05) is 0 Å². The summed E-state index contributed by atoms with van der Waals surface area (Å²) in [4.78, 5) is 21.6. The molecule has 6 heteroatoms. The molecular weight excluding hydrogens is 236 g/mol. The fraction of sp³-hybridized carbons (Fsp3) is 0.833. The van der Waals surface area contributed by atoms with Gasteiger partial charge in [0.25, 0.3) is 0 Å². The SMILES string of the molecule is O=C(O)CCCNC(=O)NCC1(O)CCCCC1. The van der Waals surface area contributed by atoms with Crippen LogP contribution in [0.25, 0.3) is 0 Å². The summed E-state index contributed by atoms with van der Waals surface area (Å²) in [6.07, 6.45) is 5.05. The molecule has 0 aromatic rings. The van der Waals surface area contributed by atoms with Crippen LogP contribution in [-0.4, -0.2) is 40.9 Å². The van der Waals surface area contributed by atoms with E-state index in [0.29, 0.717) is 13.0 Å². The Morgan fingerprint density at radius 2 is 1.78 bits per heavy atom. The molecule has 0 bridgehead atoms. The molecule has 4 N–H and O–H groups in total. The Hall–Kier alpha value is -1.30. The maximum Gasteiger partial charge on any atom is 0.314 e. The average molecular weight is 258 g/mol. The van der Waals surface area contributed by atoms with Crippen LogP contribution in [0.3, 0.4) is 0 Å². The number of carbonyl (C=O) groups excluding carboxylic acids is 1. The zero-order valence-electron chi connectivity index (χ0n) is 10.6. The zero-order chi connectivity index (χ0) is 13.4. The molecule has 2 amide bonds. The minimum Gasteiger partial charge on any atom is -0.481 e. The van der Waals surface area contributed by atoms with Crippen LogP contribution in [0.4, 0.5) is 4.79 Å². The Labute approximate surface area is 107 Å². The number of aliphatic hydroxyl groups is 1. The molecule has 0 radical (unpaired) electrons. The molecule has 0 aliphatic heterocycles. The van der Waals surface area contributed by atoms with Crippen molar-refractivity contribution in [1.29, 1.82) is 0 Å². The average Bonchev–Trinajstić information content (AvgIpc) is 2.33. The Balaban J connectivity index is 2.10. The van der Waals surface area contributed by atoms with Gasteiger partial charge < -0.3 is 20.8 Å². The Morgan fingerprint density at radius 3 is 2.39 bits per heavy atom. The topological polar surface area (TPSA) is 98.7 Å². The van der Waals surface area contributed by atoms with E-state index in [4.69, 9.17) is 5.11 Å². The van der Waals surface area contributed by atoms with Gasteiger partial charge in [0.1, 0.15) is 0 Å². The Bertz CT molecular complexity index is 288. The zero-order valence-corrected chi connectivity index (χ0v) is 10.6. The van der Waals surface area contributed by atoms with Gasteiger partial charge in [-0.05, 0) is 19.3 Å². The second-order valence-electron chi connectivity index (χ2n) is 4.89. The lowest BCUT2D eigenvalue weighted by Gasteiger charge is -2.32. The Morgan fingerprint density at radius 1 is 1.11 bits per heavy atom. The molecule has 0 unspecified atom stereocenters. The standard InChI is InChI=1S/C12H22N2O4/c15-10(16)5-4-8-13-11(17)14-9-12(18)6-2-1-3-7-12/h18H,1-9H2,(H,15,16)(H2,13,14,17). The van der Waals surface area contributed by atoms with Crippen LogP contribution in [0, 0.1) is 0 Å². The Kier molecular flexibility index (Phi) is 5.91. The van der Waals surface area contributed by atoms with E-state index in [-0.39, 0.29) is 19.0 Å². The highest BCUT2D eigenvalue weighted by molar-refractivity contribution is 5.74. The van der Waals surface area contributed by atoms with Crippen LogP contribution >= 0.6 is 0 Å². The number of hydrogen-bond donors (Lipinski definition) is 4. The molecule has 1 aliphatic carbocycles. The summed E-state index contributed by atoms with van der Waals surface area (Å²) >= 11 is 0. The molecule has 0 spiro atoms. The van der Waals surface area contributed by atoms with Crippen molar-refractivity contribution >= 4 is 12.0 Å². The number of amides is 2. The summed E-state index contributed by atoms with van der Waals surface area (Å²) in [6.45, 7) is 0.592. The summed E-state index contributed by atoms with van der Waals surface area (Å²) in [5.74, 6) is -0.867. The van der Waals surface area contributed by atoms with E-state index in [1.54, 1.807) is 0 Å². The van der Waals surface area contributed by atoms with Crippen molar-refractivity contribution in [3.8, 4) is 0 Å². The molecule has 6 nitrogen and oxygen atoms in total. The molecule has 0 heterocycles. The number of urea groups is 1. The van der Waals surface area contributed by atoms with Crippen molar-refractivity contribution in [2.75, 3.05) is 13.1 Å². The molecule has 18 heavy (non-hydrogen) atoms. The lowest BCUT2D eigenvalue weighted by atomic mass is 9.85. The van der Waals surface area contributed by atoms with Gasteiger partial charge in [0.2, 0.25) is 0 Å². The predicted octanol–water partition coefficient (Wildman–Crippen LogP) is 0.846. The van der Waals surface area contributed by atoms with Crippen LogP contribution in [0.2, 0.25) is 0 Å². The van der Waals surface area contributed by atoms with Crippen molar-refractivity contribution in [2.24, 2.45) is 0 Å². The van der Waals surface area contributed by atoms with E-state index in [0.717, 1.165) is 32.1 Å². The molecule has 1 aliphatic rings. The molecule has 1 saturated carbocycles. The lowest BCUT2D eigenvalue weighted by Crippen LogP contribution is -2.47. The van der Waals surface area contributed by atoms with Crippen LogP contribution in [0.5, 0.6) is 0 Å². The first-order chi connectivity index (χ1) is 8.52. The highest BCUT2D eigenvalue weighted by atomic mass is 16.4. The van der Waals surface area contributed by atoms with Gasteiger partial charge in [-0.3, -0.25) is 4.79 Å². The van der Waals surface area contributed by atoms with Crippen LogP contribution in [0.1, 0.15) is 44.9 Å². The van der Waals surface area contributed by atoms with Gasteiger partial charge in [-0.15, -0.1) is 0 Å². The number of carboxylic acid groups (broad SMARTS) is 1. The van der Waals surface area contributed by atoms with Crippen LogP contribution in [-0.2, 0) is 4.79 Å². The quantitative estimate of drug-likeness (QED) is 0.531. The van der Waals surface area contributed by atoms with Gasteiger partial charge in [-0.25, -0.2) is 4.79 Å². The highest BCUT2D eigenvalue weighted by Crippen LogP contribution is 2.27. The minimum atomic E-state index is -0.867. The number of rotatable bonds is 6. The molecule has 104 valence electrons. The molecule has 0 aromatic heterocycles. The highest BCUT2D eigenvalue weighted by Gasteiger charge is 2.29. The van der Waals surface area contributed by atoms with Crippen molar-refractivity contribution in [2.45, 2.75) is 50.5 Å². The third kappa shape index (κ3) is 5.86. The first-order valence-corrected chi connectivity index (χ1v) is 6.48. The number of carboxylic acids is 1. The molecule has 0 aromatic carbocycles. The minimum absolute atomic E-state index is 0.0459. The molecular formula is C12H22N2O4. The number of nitrogens with one attached hydrogen (secondary N) is 2. The van der Waals surface area contributed by atoms with E-state index in [2.05, 4.69) is 10.6 Å². The number of hydrogen-bond acceptors (Lipinski definition) is 3. The van der Waals surface area contributed by atoms with E-state index in [1.165, 1.54) is 0 Å². The first kappa shape index (κ1) is 14.8. The fourth-order valence-electron chi connectivity index (χ4n) is 2.14. The normalized spacial score (nSPS) is 18.1. The van der Waals surface area contributed by atoms with Crippen molar-refractivity contribution in [3.05, 3.63) is 0 Å². The summed E-state index contributed by atoms with van der Waals surface area (Å²) in [7, 11) is 0. The smallest absolute Gasteiger partial charge is 0.314 e. The van der Waals surface area contributed by atoms with Gasteiger partial charge >= 0.3 is 12.0 Å². The lowest BCUT2D eigenvalue weighted by molar-refractivity contribution is -0.137. The van der Waals surface area contributed by atoms with E-state index in [9.17, 15) is 14.7 Å². The summed E-state index contributed by atoms with van der Waals surface area (Å²) in [6, 6.07) is -0.348. The second kappa shape index (κ2) is 7.20. The van der Waals surface area contributed by atoms with E-state index < -0.39 is 11.6 Å².